The standard InChI is InChI=1S/C10H23NO/c1-5-6-7-8-11-9(2)10(3,4)12/h9,11-12H,5-8H2,1-4H3. The number of hydrogen-bond acceptors (Lipinski definition) is 2. The Morgan fingerprint density at radius 2 is 1.92 bits per heavy atom. The highest BCUT2D eigenvalue weighted by Crippen LogP contribution is 2.07. The van der Waals surface area contributed by atoms with Crippen LogP contribution in [0.15, 0.2) is 0 Å². The van der Waals surface area contributed by atoms with Crippen molar-refractivity contribution in [3.63, 3.8) is 0 Å². The predicted octanol–water partition coefficient (Wildman–Crippen LogP) is 1.93. The summed E-state index contributed by atoms with van der Waals surface area (Å²) in [6, 6.07) is 0.175. The van der Waals surface area contributed by atoms with Crippen LogP contribution in [0.4, 0.5) is 0 Å². The molecule has 2 nitrogen and oxygen atoms in total. The lowest BCUT2D eigenvalue weighted by molar-refractivity contribution is 0.0443. The Labute approximate surface area is 76.4 Å². The number of hydrogen-bond donors (Lipinski definition) is 2. The number of aliphatic hydroxyl groups is 1. The van der Waals surface area contributed by atoms with Crippen LogP contribution in [0.1, 0.15) is 47.0 Å². The van der Waals surface area contributed by atoms with Gasteiger partial charge in [-0.25, -0.2) is 0 Å². The Balaban J connectivity index is 3.38. The van der Waals surface area contributed by atoms with Gasteiger partial charge in [0.25, 0.3) is 0 Å². The van der Waals surface area contributed by atoms with Gasteiger partial charge in [-0.05, 0) is 33.7 Å². The van der Waals surface area contributed by atoms with Gasteiger partial charge in [0.1, 0.15) is 0 Å². The maximum Gasteiger partial charge on any atom is 0.0741 e. The minimum Gasteiger partial charge on any atom is -0.389 e. The van der Waals surface area contributed by atoms with Crippen molar-refractivity contribution < 1.29 is 5.11 Å². The molecule has 0 fully saturated rings. The van der Waals surface area contributed by atoms with Crippen molar-refractivity contribution in [2.24, 2.45) is 0 Å². The molecule has 0 heterocycles. The van der Waals surface area contributed by atoms with Crippen LogP contribution in [0.5, 0.6) is 0 Å². The lowest BCUT2D eigenvalue weighted by Gasteiger charge is -2.26. The Hall–Kier alpha value is -0.0800. The normalized spacial score (nSPS) is 14.8. The molecule has 0 bridgehead atoms. The molecule has 0 aliphatic carbocycles. The summed E-state index contributed by atoms with van der Waals surface area (Å²) in [7, 11) is 0. The molecule has 0 aromatic carbocycles. The quantitative estimate of drug-likeness (QED) is 0.601. The minimum absolute atomic E-state index is 0.175. The van der Waals surface area contributed by atoms with E-state index in [4.69, 9.17) is 0 Å². The predicted molar refractivity (Wildman–Crippen MR) is 53.3 cm³/mol. The van der Waals surface area contributed by atoms with Crippen LogP contribution >= 0.6 is 0 Å². The lowest BCUT2D eigenvalue weighted by Crippen LogP contribution is -2.44. The van der Waals surface area contributed by atoms with Gasteiger partial charge < -0.3 is 10.4 Å². The van der Waals surface area contributed by atoms with E-state index in [0.29, 0.717) is 0 Å². The van der Waals surface area contributed by atoms with Crippen molar-refractivity contribution in [3.8, 4) is 0 Å². The third-order valence-corrected chi connectivity index (χ3v) is 2.29. The van der Waals surface area contributed by atoms with E-state index in [-0.39, 0.29) is 6.04 Å². The highest BCUT2D eigenvalue weighted by Gasteiger charge is 2.20. The Bertz CT molecular complexity index is 107. The third kappa shape index (κ3) is 5.56. The molecule has 1 unspecified atom stereocenters. The first-order valence-electron chi connectivity index (χ1n) is 4.94. The molecule has 0 saturated carbocycles. The second-order valence-electron chi connectivity index (χ2n) is 4.04. The second-order valence-corrected chi connectivity index (χ2v) is 4.04. The zero-order valence-corrected chi connectivity index (χ0v) is 8.85. The first-order valence-corrected chi connectivity index (χ1v) is 4.94. The lowest BCUT2D eigenvalue weighted by atomic mass is 10.0. The van der Waals surface area contributed by atoms with E-state index >= 15 is 0 Å². The van der Waals surface area contributed by atoms with Crippen molar-refractivity contribution in [3.05, 3.63) is 0 Å². The van der Waals surface area contributed by atoms with E-state index in [1.807, 2.05) is 20.8 Å². The first-order chi connectivity index (χ1) is 5.48. The average molecular weight is 173 g/mol. The summed E-state index contributed by atoms with van der Waals surface area (Å²) in [4.78, 5) is 0. The first kappa shape index (κ1) is 11.9. The highest BCUT2D eigenvalue weighted by molar-refractivity contribution is 4.79. The van der Waals surface area contributed by atoms with Crippen molar-refractivity contribution in [1.29, 1.82) is 0 Å². The smallest absolute Gasteiger partial charge is 0.0741 e. The molecule has 12 heavy (non-hydrogen) atoms. The van der Waals surface area contributed by atoms with Crippen LogP contribution in [0.25, 0.3) is 0 Å². The molecule has 0 rings (SSSR count). The van der Waals surface area contributed by atoms with Crippen LogP contribution in [0.3, 0.4) is 0 Å². The van der Waals surface area contributed by atoms with Crippen LogP contribution < -0.4 is 5.32 Å². The zero-order valence-electron chi connectivity index (χ0n) is 8.85. The van der Waals surface area contributed by atoms with Gasteiger partial charge >= 0.3 is 0 Å². The molecule has 74 valence electrons. The van der Waals surface area contributed by atoms with Crippen LogP contribution in [-0.4, -0.2) is 23.3 Å². The van der Waals surface area contributed by atoms with E-state index in [1.165, 1.54) is 19.3 Å². The topological polar surface area (TPSA) is 32.3 Å². The van der Waals surface area contributed by atoms with Crippen LogP contribution in [0, 0.1) is 0 Å². The monoisotopic (exact) mass is 173 g/mol. The SMILES string of the molecule is CCCCCNC(C)C(C)(C)O. The molecule has 0 saturated heterocycles. The fourth-order valence-corrected chi connectivity index (χ4v) is 0.943. The van der Waals surface area contributed by atoms with Gasteiger partial charge in [-0.1, -0.05) is 19.8 Å². The highest BCUT2D eigenvalue weighted by atomic mass is 16.3. The molecule has 1 atom stereocenters. The van der Waals surface area contributed by atoms with Gasteiger partial charge in [0.15, 0.2) is 0 Å². The van der Waals surface area contributed by atoms with Gasteiger partial charge in [0.05, 0.1) is 5.60 Å². The summed E-state index contributed by atoms with van der Waals surface area (Å²) >= 11 is 0. The largest absolute Gasteiger partial charge is 0.389 e. The summed E-state index contributed by atoms with van der Waals surface area (Å²) in [6.45, 7) is 8.90. The van der Waals surface area contributed by atoms with Gasteiger partial charge in [-0.2, -0.15) is 0 Å². The molecule has 0 aliphatic rings. The van der Waals surface area contributed by atoms with E-state index in [1.54, 1.807) is 0 Å². The number of nitrogens with one attached hydrogen (secondary N) is 1. The van der Waals surface area contributed by atoms with Crippen LogP contribution in [-0.2, 0) is 0 Å². The molecule has 0 spiro atoms. The summed E-state index contributed by atoms with van der Waals surface area (Å²) in [5.41, 5.74) is -0.605. The van der Waals surface area contributed by atoms with E-state index in [9.17, 15) is 5.11 Å². The maximum absolute atomic E-state index is 9.58. The molecule has 0 radical (unpaired) electrons. The van der Waals surface area contributed by atoms with Gasteiger partial charge in [-0.3, -0.25) is 0 Å². The Kier molecular flexibility index (Phi) is 5.51. The number of unbranched alkanes of at least 4 members (excludes halogenated alkanes) is 2. The van der Waals surface area contributed by atoms with Crippen molar-refractivity contribution in [1.82, 2.24) is 5.32 Å². The van der Waals surface area contributed by atoms with Crippen molar-refractivity contribution >= 4 is 0 Å². The fraction of sp³-hybridized carbons (Fsp3) is 1.00. The maximum atomic E-state index is 9.58. The molecular formula is C10H23NO. The molecule has 0 aromatic heterocycles. The Morgan fingerprint density at radius 3 is 2.33 bits per heavy atom. The summed E-state index contributed by atoms with van der Waals surface area (Å²) in [6.07, 6.45) is 3.72. The van der Waals surface area contributed by atoms with Gasteiger partial charge in [-0.15, -0.1) is 0 Å². The molecule has 2 N–H and O–H groups in total. The van der Waals surface area contributed by atoms with E-state index < -0.39 is 5.60 Å². The van der Waals surface area contributed by atoms with E-state index in [2.05, 4.69) is 12.2 Å². The number of rotatable bonds is 6. The van der Waals surface area contributed by atoms with Gasteiger partial charge in [0.2, 0.25) is 0 Å². The summed E-state index contributed by atoms with van der Waals surface area (Å²) in [5, 5.41) is 12.9. The molecule has 2 heteroatoms. The second kappa shape index (κ2) is 5.55. The Morgan fingerprint density at radius 1 is 1.33 bits per heavy atom. The van der Waals surface area contributed by atoms with Crippen molar-refractivity contribution in [2.45, 2.75) is 58.6 Å². The third-order valence-electron chi connectivity index (χ3n) is 2.29. The minimum atomic E-state index is -0.605. The zero-order chi connectivity index (χ0) is 9.61. The van der Waals surface area contributed by atoms with E-state index in [0.717, 1.165) is 6.54 Å². The molecule has 0 amide bonds. The summed E-state index contributed by atoms with van der Waals surface area (Å²) < 4.78 is 0. The molecule has 0 aromatic rings. The average Bonchev–Trinajstić information content (AvgIpc) is 1.96. The van der Waals surface area contributed by atoms with Crippen LogP contribution in [0.2, 0.25) is 0 Å². The molecule has 0 aliphatic heterocycles. The summed E-state index contributed by atoms with van der Waals surface area (Å²) in [5.74, 6) is 0. The molecular weight excluding hydrogens is 150 g/mol. The van der Waals surface area contributed by atoms with Crippen molar-refractivity contribution in [2.75, 3.05) is 6.54 Å². The fourth-order valence-electron chi connectivity index (χ4n) is 0.943. The van der Waals surface area contributed by atoms with Gasteiger partial charge in [0, 0.05) is 6.04 Å².